The Bertz CT molecular complexity index is 849. The number of hydrogen-bond donors (Lipinski definition) is 0. The van der Waals surface area contributed by atoms with Crippen LogP contribution >= 0.6 is 11.3 Å². The first-order valence-corrected chi connectivity index (χ1v) is 9.04. The molecule has 1 aliphatic heterocycles. The highest BCUT2D eigenvalue weighted by molar-refractivity contribution is 7.14. The third-order valence-corrected chi connectivity index (χ3v) is 4.67. The van der Waals surface area contributed by atoms with E-state index in [4.69, 9.17) is 9.47 Å². The number of amides is 1. The molecule has 1 amide bonds. The first-order valence-electron chi connectivity index (χ1n) is 8.22. The van der Waals surface area contributed by atoms with Gasteiger partial charge in [-0.2, -0.15) is 15.3 Å². The maximum absolute atomic E-state index is 12.0. The van der Waals surface area contributed by atoms with E-state index in [0.29, 0.717) is 28.9 Å². The van der Waals surface area contributed by atoms with Crippen molar-refractivity contribution in [3.8, 4) is 22.7 Å². The number of likely N-dealkylation sites (tertiary alicyclic amines) is 1. The van der Waals surface area contributed by atoms with Crippen LogP contribution in [0.5, 0.6) is 5.19 Å². The van der Waals surface area contributed by atoms with Gasteiger partial charge in [-0.05, 0) is 33.3 Å². The zero-order valence-corrected chi connectivity index (χ0v) is 16.3. The SMILES string of the molecule is Cc1cnn(C)c1-c1nc(OC2CN(C(=O)OC(C)(C)C)C2)sc1C#N. The number of aromatic nitrogens is 3. The lowest BCUT2D eigenvalue weighted by Gasteiger charge is -2.38. The number of nitrogens with zero attached hydrogens (tertiary/aromatic N) is 5. The second-order valence-electron chi connectivity index (χ2n) is 7.19. The van der Waals surface area contributed by atoms with Crippen LogP contribution in [-0.4, -0.2) is 50.6 Å². The molecular weight excluding hydrogens is 354 g/mol. The van der Waals surface area contributed by atoms with Crippen LogP contribution in [0.1, 0.15) is 31.2 Å². The lowest BCUT2D eigenvalue weighted by molar-refractivity contribution is -0.0221. The third kappa shape index (κ3) is 3.65. The van der Waals surface area contributed by atoms with E-state index in [1.807, 2.05) is 34.7 Å². The molecule has 0 spiro atoms. The van der Waals surface area contributed by atoms with Gasteiger partial charge in [0.05, 0.1) is 25.0 Å². The second-order valence-corrected chi connectivity index (χ2v) is 8.16. The van der Waals surface area contributed by atoms with Gasteiger partial charge in [0, 0.05) is 7.05 Å². The van der Waals surface area contributed by atoms with E-state index >= 15 is 0 Å². The molecule has 138 valence electrons. The molecule has 3 heterocycles. The molecule has 2 aromatic heterocycles. The molecule has 0 saturated carbocycles. The molecule has 2 aromatic rings. The van der Waals surface area contributed by atoms with Crippen LogP contribution in [0.4, 0.5) is 4.79 Å². The van der Waals surface area contributed by atoms with E-state index < -0.39 is 5.60 Å². The van der Waals surface area contributed by atoms with Gasteiger partial charge in [0.2, 0.25) is 0 Å². The van der Waals surface area contributed by atoms with Crippen molar-refractivity contribution in [2.75, 3.05) is 13.1 Å². The number of aryl methyl sites for hydroxylation is 2. The summed E-state index contributed by atoms with van der Waals surface area (Å²) in [5, 5.41) is 14.0. The zero-order chi connectivity index (χ0) is 19.1. The third-order valence-electron chi connectivity index (χ3n) is 3.82. The summed E-state index contributed by atoms with van der Waals surface area (Å²) in [4.78, 5) is 18.5. The van der Waals surface area contributed by atoms with Crippen LogP contribution in [0, 0.1) is 18.3 Å². The Labute approximate surface area is 156 Å². The highest BCUT2D eigenvalue weighted by Gasteiger charge is 2.36. The van der Waals surface area contributed by atoms with Crippen molar-refractivity contribution in [2.24, 2.45) is 7.05 Å². The fourth-order valence-electron chi connectivity index (χ4n) is 2.61. The Morgan fingerprint density at radius 2 is 2.12 bits per heavy atom. The molecule has 3 rings (SSSR count). The first kappa shape index (κ1) is 18.2. The van der Waals surface area contributed by atoms with E-state index in [1.165, 1.54) is 11.3 Å². The van der Waals surface area contributed by atoms with Crippen molar-refractivity contribution in [1.29, 1.82) is 5.26 Å². The van der Waals surface area contributed by atoms with E-state index in [-0.39, 0.29) is 12.2 Å². The molecule has 9 heteroatoms. The van der Waals surface area contributed by atoms with Crippen LogP contribution in [-0.2, 0) is 11.8 Å². The predicted octanol–water partition coefficient (Wildman–Crippen LogP) is 2.72. The van der Waals surface area contributed by atoms with Crippen molar-refractivity contribution in [3.63, 3.8) is 0 Å². The Kier molecular flexibility index (Phi) is 4.63. The Morgan fingerprint density at radius 3 is 2.65 bits per heavy atom. The maximum Gasteiger partial charge on any atom is 0.410 e. The van der Waals surface area contributed by atoms with Gasteiger partial charge in [-0.1, -0.05) is 11.3 Å². The number of carbonyl (C=O) groups is 1. The quantitative estimate of drug-likeness (QED) is 0.819. The van der Waals surface area contributed by atoms with Gasteiger partial charge in [-0.15, -0.1) is 0 Å². The van der Waals surface area contributed by atoms with E-state index in [9.17, 15) is 10.1 Å². The predicted molar refractivity (Wildman–Crippen MR) is 96.0 cm³/mol. The molecule has 8 nitrogen and oxygen atoms in total. The molecule has 0 radical (unpaired) electrons. The summed E-state index contributed by atoms with van der Waals surface area (Å²) in [6.45, 7) is 8.31. The molecular formula is C17H21N5O3S. The summed E-state index contributed by atoms with van der Waals surface area (Å²) in [5.74, 6) is 0. The van der Waals surface area contributed by atoms with Crippen LogP contribution in [0.2, 0.25) is 0 Å². The van der Waals surface area contributed by atoms with E-state index in [2.05, 4.69) is 16.2 Å². The van der Waals surface area contributed by atoms with Crippen molar-refractivity contribution >= 4 is 17.4 Å². The van der Waals surface area contributed by atoms with Crippen molar-refractivity contribution in [2.45, 2.75) is 39.4 Å². The smallest absolute Gasteiger partial charge is 0.410 e. The molecule has 0 N–H and O–H groups in total. The standard InChI is InChI=1S/C17H21N5O3S/c1-10-7-19-21(5)14(10)13-12(6-18)26-15(20-13)24-11-8-22(9-11)16(23)25-17(2,3)4/h7,11H,8-9H2,1-5H3. The van der Waals surface area contributed by atoms with Crippen molar-refractivity contribution < 1.29 is 14.3 Å². The molecule has 0 aliphatic carbocycles. The molecule has 1 saturated heterocycles. The highest BCUT2D eigenvalue weighted by atomic mass is 32.1. The van der Waals surface area contributed by atoms with Gasteiger partial charge in [-0.25, -0.2) is 4.79 Å². The highest BCUT2D eigenvalue weighted by Crippen LogP contribution is 2.34. The van der Waals surface area contributed by atoms with Gasteiger partial charge in [0.1, 0.15) is 28.3 Å². The molecule has 26 heavy (non-hydrogen) atoms. The normalized spacial score (nSPS) is 14.7. The number of ether oxygens (including phenoxy) is 2. The number of thiazole rings is 1. The lowest BCUT2D eigenvalue weighted by atomic mass is 10.2. The van der Waals surface area contributed by atoms with E-state index in [0.717, 1.165) is 11.3 Å². The van der Waals surface area contributed by atoms with Crippen molar-refractivity contribution in [1.82, 2.24) is 19.7 Å². The fraction of sp³-hybridized carbons (Fsp3) is 0.529. The van der Waals surface area contributed by atoms with Gasteiger partial charge >= 0.3 is 6.09 Å². The Hall–Kier alpha value is -2.60. The minimum absolute atomic E-state index is 0.152. The Morgan fingerprint density at radius 1 is 1.42 bits per heavy atom. The van der Waals surface area contributed by atoms with Crippen LogP contribution in [0.25, 0.3) is 11.4 Å². The summed E-state index contributed by atoms with van der Waals surface area (Å²) in [7, 11) is 1.81. The first-order chi connectivity index (χ1) is 12.2. The summed E-state index contributed by atoms with van der Waals surface area (Å²) < 4.78 is 12.9. The summed E-state index contributed by atoms with van der Waals surface area (Å²) in [6, 6.07) is 2.17. The average molecular weight is 375 g/mol. The van der Waals surface area contributed by atoms with Gasteiger partial charge in [0.15, 0.2) is 0 Å². The van der Waals surface area contributed by atoms with Gasteiger partial charge < -0.3 is 14.4 Å². The second kappa shape index (κ2) is 6.61. The van der Waals surface area contributed by atoms with Crippen LogP contribution in [0.3, 0.4) is 0 Å². The topological polar surface area (TPSA) is 93.3 Å². The molecule has 1 aliphatic rings. The number of carbonyl (C=O) groups excluding carboxylic acids is 1. The summed E-state index contributed by atoms with van der Waals surface area (Å²) in [6.07, 6.45) is 1.24. The minimum atomic E-state index is -0.518. The lowest BCUT2D eigenvalue weighted by Crippen LogP contribution is -2.57. The van der Waals surface area contributed by atoms with Crippen LogP contribution < -0.4 is 4.74 Å². The summed E-state index contributed by atoms with van der Waals surface area (Å²) >= 11 is 1.20. The monoisotopic (exact) mass is 375 g/mol. The van der Waals surface area contributed by atoms with Crippen LogP contribution in [0.15, 0.2) is 6.20 Å². The average Bonchev–Trinajstić information content (AvgIpc) is 3.03. The minimum Gasteiger partial charge on any atom is -0.463 e. The number of rotatable bonds is 3. The molecule has 0 unspecified atom stereocenters. The van der Waals surface area contributed by atoms with E-state index in [1.54, 1.807) is 15.8 Å². The van der Waals surface area contributed by atoms with Crippen molar-refractivity contribution in [3.05, 3.63) is 16.6 Å². The number of nitriles is 1. The molecule has 0 atom stereocenters. The molecule has 0 aromatic carbocycles. The summed E-state index contributed by atoms with van der Waals surface area (Å²) in [5.41, 5.74) is 1.81. The fourth-order valence-corrected chi connectivity index (χ4v) is 3.39. The Balaban J connectivity index is 1.66. The largest absolute Gasteiger partial charge is 0.463 e. The zero-order valence-electron chi connectivity index (χ0n) is 15.4. The van der Waals surface area contributed by atoms with Gasteiger partial charge in [-0.3, -0.25) is 4.68 Å². The maximum atomic E-state index is 12.0. The van der Waals surface area contributed by atoms with Gasteiger partial charge in [0.25, 0.3) is 5.19 Å². The molecule has 1 fully saturated rings. The molecule has 0 bridgehead atoms. The number of hydrogen-bond acceptors (Lipinski definition) is 7.